The Morgan fingerprint density at radius 3 is 2.29 bits per heavy atom. The molecule has 1 N–H and O–H groups in total. The van der Waals surface area contributed by atoms with E-state index in [1.807, 2.05) is 30.5 Å². The molecule has 4 rings (SSSR count). The standard InChI is InChI=1S/C29H33ClN4/c1-33(2)26-13-10-24(11-14-26)22-34(21-23-8-4-3-5-9-23)19-7-6-17-31-28-16-18-32-29-20-25(30)12-15-27(28)29/h3-5,8-16,18,20H,6-7,17,19,21-22H2,1-2H3,(H,31,32). The molecule has 0 radical (unpaired) electrons. The van der Waals surface area contributed by atoms with Gasteiger partial charge in [-0.15, -0.1) is 0 Å². The Morgan fingerprint density at radius 1 is 0.824 bits per heavy atom. The molecule has 0 spiro atoms. The average molecular weight is 473 g/mol. The van der Waals surface area contributed by atoms with Gasteiger partial charge in [0.15, 0.2) is 0 Å². The van der Waals surface area contributed by atoms with Gasteiger partial charge in [0, 0.05) is 61.7 Å². The monoisotopic (exact) mass is 472 g/mol. The molecule has 0 aliphatic rings. The summed E-state index contributed by atoms with van der Waals surface area (Å²) in [5.41, 5.74) is 5.97. The van der Waals surface area contributed by atoms with E-state index >= 15 is 0 Å². The van der Waals surface area contributed by atoms with Crippen molar-refractivity contribution in [3.63, 3.8) is 0 Å². The van der Waals surface area contributed by atoms with Gasteiger partial charge in [-0.1, -0.05) is 54.1 Å². The molecule has 1 heterocycles. The van der Waals surface area contributed by atoms with Gasteiger partial charge in [0.25, 0.3) is 0 Å². The first-order chi connectivity index (χ1) is 16.6. The summed E-state index contributed by atoms with van der Waals surface area (Å²) >= 11 is 6.12. The quantitative estimate of drug-likeness (QED) is 0.242. The summed E-state index contributed by atoms with van der Waals surface area (Å²) in [5, 5.41) is 5.42. The lowest BCUT2D eigenvalue weighted by molar-refractivity contribution is 0.252. The van der Waals surface area contributed by atoms with Crippen LogP contribution in [0.15, 0.2) is 85.1 Å². The van der Waals surface area contributed by atoms with E-state index in [1.54, 1.807) is 0 Å². The molecule has 0 bridgehead atoms. The summed E-state index contributed by atoms with van der Waals surface area (Å²) in [6, 6.07) is 27.5. The largest absolute Gasteiger partial charge is 0.384 e. The van der Waals surface area contributed by atoms with Crippen LogP contribution in [0.3, 0.4) is 0 Å². The summed E-state index contributed by atoms with van der Waals surface area (Å²) in [6.07, 6.45) is 4.07. The van der Waals surface area contributed by atoms with Gasteiger partial charge in [-0.3, -0.25) is 9.88 Å². The van der Waals surface area contributed by atoms with Gasteiger partial charge in [-0.25, -0.2) is 0 Å². The van der Waals surface area contributed by atoms with E-state index in [-0.39, 0.29) is 0 Å². The van der Waals surface area contributed by atoms with Crippen molar-refractivity contribution in [2.45, 2.75) is 25.9 Å². The van der Waals surface area contributed by atoms with Crippen LogP contribution in [0.4, 0.5) is 11.4 Å². The molecule has 4 aromatic rings. The van der Waals surface area contributed by atoms with Crippen LogP contribution in [0.5, 0.6) is 0 Å². The van der Waals surface area contributed by atoms with Crippen molar-refractivity contribution < 1.29 is 0 Å². The van der Waals surface area contributed by atoms with Crippen molar-refractivity contribution in [3.05, 3.63) is 101 Å². The Morgan fingerprint density at radius 2 is 1.56 bits per heavy atom. The number of hydrogen-bond acceptors (Lipinski definition) is 4. The number of rotatable bonds is 11. The normalized spacial score (nSPS) is 11.2. The maximum atomic E-state index is 6.12. The summed E-state index contributed by atoms with van der Waals surface area (Å²) in [5.74, 6) is 0. The molecule has 0 aliphatic carbocycles. The van der Waals surface area contributed by atoms with Crippen molar-refractivity contribution >= 4 is 33.9 Å². The van der Waals surface area contributed by atoms with Gasteiger partial charge in [-0.05, 0) is 66.9 Å². The molecule has 0 saturated heterocycles. The number of hydrogen-bond donors (Lipinski definition) is 1. The molecule has 34 heavy (non-hydrogen) atoms. The molecule has 0 atom stereocenters. The molecule has 5 heteroatoms. The Bertz CT molecular complexity index is 1180. The summed E-state index contributed by atoms with van der Waals surface area (Å²) in [6.45, 7) is 3.89. The zero-order valence-electron chi connectivity index (χ0n) is 20.0. The molecular formula is C29H33ClN4. The number of pyridine rings is 1. The fraction of sp³-hybridized carbons (Fsp3) is 0.276. The Labute approximate surface area is 208 Å². The lowest BCUT2D eigenvalue weighted by Crippen LogP contribution is -2.24. The van der Waals surface area contributed by atoms with Gasteiger partial charge in [0.2, 0.25) is 0 Å². The van der Waals surface area contributed by atoms with Crippen LogP contribution in [0, 0.1) is 0 Å². The van der Waals surface area contributed by atoms with Crippen molar-refractivity contribution in [2.75, 3.05) is 37.4 Å². The maximum Gasteiger partial charge on any atom is 0.0737 e. The van der Waals surface area contributed by atoms with E-state index in [0.717, 1.165) is 55.6 Å². The Kier molecular flexibility index (Phi) is 8.40. The lowest BCUT2D eigenvalue weighted by atomic mass is 10.1. The third-order valence-corrected chi connectivity index (χ3v) is 6.26. The molecule has 0 fully saturated rings. The lowest BCUT2D eigenvalue weighted by Gasteiger charge is -2.23. The summed E-state index contributed by atoms with van der Waals surface area (Å²) in [4.78, 5) is 9.11. The van der Waals surface area contributed by atoms with Gasteiger partial charge in [0.05, 0.1) is 5.52 Å². The van der Waals surface area contributed by atoms with Crippen molar-refractivity contribution in [1.29, 1.82) is 0 Å². The highest BCUT2D eigenvalue weighted by Crippen LogP contribution is 2.24. The van der Waals surface area contributed by atoms with Gasteiger partial charge >= 0.3 is 0 Å². The highest BCUT2D eigenvalue weighted by atomic mass is 35.5. The molecule has 1 aromatic heterocycles. The molecule has 0 saturated carbocycles. The molecule has 0 amide bonds. The van der Waals surface area contributed by atoms with Gasteiger partial charge < -0.3 is 10.2 Å². The van der Waals surface area contributed by atoms with Crippen LogP contribution < -0.4 is 10.2 Å². The third-order valence-electron chi connectivity index (χ3n) is 6.03. The molecular weight excluding hydrogens is 440 g/mol. The van der Waals surface area contributed by atoms with Gasteiger partial charge in [-0.2, -0.15) is 0 Å². The van der Waals surface area contributed by atoms with E-state index in [2.05, 4.69) is 88.8 Å². The van der Waals surface area contributed by atoms with Crippen LogP contribution in [0.25, 0.3) is 10.9 Å². The van der Waals surface area contributed by atoms with E-state index in [9.17, 15) is 0 Å². The van der Waals surface area contributed by atoms with Crippen LogP contribution in [-0.4, -0.2) is 37.1 Å². The van der Waals surface area contributed by atoms with E-state index in [4.69, 9.17) is 11.6 Å². The summed E-state index contributed by atoms with van der Waals surface area (Å²) in [7, 11) is 4.16. The second-order valence-corrected chi connectivity index (χ2v) is 9.35. The SMILES string of the molecule is CN(C)c1ccc(CN(CCCCNc2ccnc3cc(Cl)ccc23)Cc2ccccc2)cc1. The highest BCUT2D eigenvalue weighted by Gasteiger charge is 2.08. The van der Waals surface area contributed by atoms with Crippen LogP contribution in [0.2, 0.25) is 5.02 Å². The third kappa shape index (κ3) is 6.72. The molecule has 3 aromatic carbocycles. The van der Waals surface area contributed by atoms with Crippen molar-refractivity contribution in [2.24, 2.45) is 0 Å². The zero-order valence-corrected chi connectivity index (χ0v) is 20.8. The van der Waals surface area contributed by atoms with Crippen LogP contribution in [0.1, 0.15) is 24.0 Å². The smallest absolute Gasteiger partial charge is 0.0737 e. The summed E-state index contributed by atoms with van der Waals surface area (Å²) < 4.78 is 0. The predicted molar refractivity (Wildman–Crippen MR) is 146 cm³/mol. The number of halogens is 1. The average Bonchev–Trinajstić information content (AvgIpc) is 2.84. The Hall–Kier alpha value is -3.08. The minimum absolute atomic E-state index is 0.715. The Balaban J connectivity index is 1.33. The maximum absolute atomic E-state index is 6.12. The zero-order chi connectivity index (χ0) is 23.8. The van der Waals surface area contributed by atoms with E-state index in [0.29, 0.717) is 5.02 Å². The van der Waals surface area contributed by atoms with Crippen LogP contribution in [-0.2, 0) is 13.1 Å². The second kappa shape index (κ2) is 11.9. The van der Waals surface area contributed by atoms with Crippen molar-refractivity contribution in [1.82, 2.24) is 9.88 Å². The number of aromatic nitrogens is 1. The predicted octanol–water partition coefficient (Wildman–Crippen LogP) is 6.85. The number of benzene rings is 3. The van der Waals surface area contributed by atoms with E-state index < -0.39 is 0 Å². The number of anilines is 2. The van der Waals surface area contributed by atoms with E-state index in [1.165, 1.54) is 16.8 Å². The highest BCUT2D eigenvalue weighted by molar-refractivity contribution is 6.31. The minimum atomic E-state index is 0.715. The minimum Gasteiger partial charge on any atom is -0.384 e. The fourth-order valence-corrected chi connectivity index (χ4v) is 4.34. The molecule has 0 unspecified atom stereocenters. The molecule has 4 nitrogen and oxygen atoms in total. The van der Waals surface area contributed by atoms with Crippen molar-refractivity contribution in [3.8, 4) is 0 Å². The number of nitrogens with zero attached hydrogens (tertiary/aromatic N) is 3. The first kappa shape index (κ1) is 24.1. The molecule has 0 aliphatic heterocycles. The number of unbranched alkanes of at least 4 members (excludes halogenated alkanes) is 1. The second-order valence-electron chi connectivity index (χ2n) is 8.91. The molecule has 176 valence electrons. The first-order valence-electron chi connectivity index (χ1n) is 11.9. The number of nitrogens with one attached hydrogen (secondary N) is 1. The first-order valence-corrected chi connectivity index (χ1v) is 12.3. The van der Waals surface area contributed by atoms with Crippen LogP contribution >= 0.6 is 11.6 Å². The fourth-order valence-electron chi connectivity index (χ4n) is 4.17. The van der Waals surface area contributed by atoms with Gasteiger partial charge in [0.1, 0.15) is 0 Å². The topological polar surface area (TPSA) is 31.4 Å². The number of fused-ring (bicyclic) bond motifs is 1.